The minimum atomic E-state index is -0.196. The first-order valence-electron chi connectivity index (χ1n) is 5.98. The number of ether oxygens (including phenoxy) is 1. The average molecular weight is 252 g/mol. The van der Waals surface area contributed by atoms with Crippen LogP contribution in [0.5, 0.6) is 0 Å². The van der Waals surface area contributed by atoms with E-state index in [9.17, 15) is 4.79 Å². The third-order valence-electron chi connectivity index (χ3n) is 2.20. The summed E-state index contributed by atoms with van der Waals surface area (Å²) in [7, 11) is 0. The Bertz CT molecular complexity index is 335. The molecular formula is C14H20O2S. The lowest BCUT2D eigenvalue weighted by Crippen LogP contribution is -2.14. The van der Waals surface area contributed by atoms with Gasteiger partial charge in [-0.1, -0.05) is 44.2 Å². The van der Waals surface area contributed by atoms with Crippen molar-refractivity contribution < 1.29 is 9.53 Å². The molecule has 0 heterocycles. The zero-order chi connectivity index (χ0) is 12.7. The molecule has 0 fully saturated rings. The van der Waals surface area contributed by atoms with Crippen molar-refractivity contribution >= 4 is 17.7 Å². The Morgan fingerprint density at radius 3 is 2.47 bits per heavy atom. The highest BCUT2D eigenvalue weighted by Crippen LogP contribution is 2.31. The maximum atomic E-state index is 11.9. The Kier molecular flexibility index (Phi) is 6.12. The van der Waals surface area contributed by atoms with Gasteiger partial charge in [-0.2, -0.15) is 0 Å². The third kappa shape index (κ3) is 4.82. The van der Waals surface area contributed by atoms with Gasteiger partial charge in [0.1, 0.15) is 5.25 Å². The van der Waals surface area contributed by atoms with Crippen molar-refractivity contribution in [2.45, 2.75) is 26.0 Å². The van der Waals surface area contributed by atoms with Gasteiger partial charge < -0.3 is 4.74 Å². The minimum absolute atomic E-state index is 0.135. The number of benzene rings is 1. The highest BCUT2D eigenvalue weighted by molar-refractivity contribution is 8.00. The van der Waals surface area contributed by atoms with Gasteiger partial charge in [-0.25, -0.2) is 0 Å². The quantitative estimate of drug-likeness (QED) is 0.722. The smallest absolute Gasteiger partial charge is 0.323 e. The Balaban J connectivity index is 2.75. The van der Waals surface area contributed by atoms with Crippen LogP contribution in [0.3, 0.4) is 0 Å². The molecule has 1 unspecified atom stereocenters. The molecular weight excluding hydrogens is 232 g/mol. The maximum absolute atomic E-state index is 11.9. The summed E-state index contributed by atoms with van der Waals surface area (Å²) in [6.45, 7) is 6.58. The van der Waals surface area contributed by atoms with Crippen LogP contribution in [-0.4, -0.2) is 18.3 Å². The van der Waals surface area contributed by atoms with Gasteiger partial charge in [0.25, 0.3) is 0 Å². The number of hydrogen-bond acceptors (Lipinski definition) is 3. The van der Waals surface area contributed by atoms with Crippen LogP contribution in [0, 0.1) is 5.92 Å². The maximum Gasteiger partial charge on any atom is 0.323 e. The van der Waals surface area contributed by atoms with E-state index in [-0.39, 0.29) is 11.2 Å². The van der Waals surface area contributed by atoms with Crippen LogP contribution in [0.1, 0.15) is 31.6 Å². The van der Waals surface area contributed by atoms with E-state index >= 15 is 0 Å². The largest absolute Gasteiger partial charge is 0.465 e. The van der Waals surface area contributed by atoms with E-state index in [1.54, 1.807) is 11.8 Å². The summed E-state index contributed by atoms with van der Waals surface area (Å²) in [5.41, 5.74) is 1.02. The van der Waals surface area contributed by atoms with Crippen LogP contribution in [0.15, 0.2) is 30.3 Å². The van der Waals surface area contributed by atoms with Gasteiger partial charge >= 0.3 is 5.97 Å². The van der Waals surface area contributed by atoms with Gasteiger partial charge in [0.15, 0.2) is 0 Å². The first-order valence-corrected chi connectivity index (χ1v) is 7.03. The lowest BCUT2D eigenvalue weighted by molar-refractivity contribution is -0.142. The zero-order valence-electron chi connectivity index (χ0n) is 10.7. The standard InChI is InChI=1S/C14H20O2S/c1-4-16-14(15)13(17-10-11(2)3)12-8-6-5-7-9-12/h5-9,11,13H,4,10H2,1-3H3. The van der Waals surface area contributed by atoms with Crippen LogP contribution in [-0.2, 0) is 9.53 Å². The van der Waals surface area contributed by atoms with E-state index in [1.165, 1.54) is 0 Å². The minimum Gasteiger partial charge on any atom is -0.465 e. The molecule has 0 N–H and O–H groups in total. The number of carbonyl (C=O) groups is 1. The average Bonchev–Trinajstić information content (AvgIpc) is 2.30. The van der Waals surface area contributed by atoms with Gasteiger partial charge in [0.05, 0.1) is 6.61 Å². The second kappa shape index (κ2) is 7.38. The normalized spacial score (nSPS) is 12.5. The first-order chi connectivity index (χ1) is 8.15. The predicted octanol–water partition coefficient (Wildman–Crippen LogP) is 3.68. The van der Waals surface area contributed by atoms with Crippen molar-refractivity contribution in [3.63, 3.8) is 0 Å². The first kappa shape index (κ1) is 14.1. The van der Waals surface area contributed by atoms with Crippen molar-refractivity contribution in [1.29, 1.82) is 0 Å². The van der Waals surface area contributed by atoms with E-state index in [0.29, 0.717) is 12.5 Å². The molecule has 94 valence electrons. The fraction of sp³-hybridized carbons (Fsp3) is 0.500. The monoisotopic (exact) mass is 252 g/mol. The number of rotatable bonds is 6. The Labute approximate surface area is 108 Å². The molecule has 1 aromatic rings. The van der Waals surface area contributed by atoms with Gasteiger partial charge in [0.2, 0.25) is 0 Å². The van der Waals surface area contributed by atoms with Crippen molar-refractivity contribution in [1.82, 2.24) is 0 Å². The van der Waals surface area contributed by atoms with Crippen LogP contribution in [0.25, 0.3) is 0 Å². The van der Waals surface area contributed by atoms with Gasteiger partial charge in [-0.3, -0.25) is 4.79 Å². The molecule has 0 spiro atoms. The molecule has 0 saturated carbocycles. The van der Waals surface area contributed by atoms with Crippen molar-refractivity contribution in [2.24, 2.45) is 5.92 Å². The van der Waals surface area contributed by atoms with Crippen molar-refractivity contribution in [3.8, 4) is 0 Å². The Morgan fingerprint density at radius 2 is 1.94 bits per heavy atom. The topological polar surface area (TPSA) is 26.3 Å². The Hall–Kier alpha value is -0.960. The van der Waals surface area contributed by atoms with Crippen molar-refractivity contribution in [3.05, 3.63) is 35.9 Å². The molecule has 3 heteroatoms. The fourth-order valence-corrected chi connectivity index (χ4v) is 2.57. The summed E-state index contributed by atoms with van der Waals surface area (Å²) in [6, 6.07) is 9.83. The summed E-state index contributed by atoms with van der Waals surface area (Å²) in [4.78, 5) is 11.9. The molecule has 0 bridgehead atoms. The number of esters is 1. The van der Waals surface area contributed by atoms with E-state index in [4.69, 9.17) is 4.74 Å². The van der Waals surface area contributed by atoms with Crippen LogP contribution < -0.4 is 0 Å². The Morgan fingerprint density at radius 1 is 1.29 bits per heavy atom. The van der Waals surface area contributed by atoms with Crippen LogP contribution in [0.2, 0.25) is 0 Å². The molecule has 0 saturated heterocycles. The summed E-state index contributed by atoms with van der Waals surface area (Å²) >= 11 is 1.66. The second-order valence-corrected chi connectivity index (χ2v) is 5.41. The van der Waals surface area contributed by atoms with Crippen molar-refractivity contribution in [2.75, 3.05) is 12.4 Å². The number of thioether (sulfide) groups is 1. The van der Waals surface area contributed by atoms with Gasteiger partial charge in [-0.15, -0.1) is 11.8 Å². The predicted molar refractivity (Wildman–Crippen MR) is 73.1 cm³/mol. The van der Waals surface area contributed by atoms with Gasteiger partial charge in [0, 0.05) is 0 Å². The summed E-state index contributed by atoms with van der Waals surface area (Å²) < 4.78 is 5.13. The molecule has 1 rings (SSSR count). The highest BCUT2D eigenvalue weighted by atomic mass is 32.2. The van der Waals surface area contributed by atoms with E-state index < -0.39 is 0 Å². The highest BCUT2D eigenvalue weighted by Gasteiger charge is 2.22. The van der Waals surface area contributed by atoms with E-state index in [0.717, 1.165) is 11.3 Å². The molecule has 0 radical (unpaired) electrons. The summed E-state index contributed by atoms with van der Waals surface area (Å²) in [5, 5.41) is -0.196. The molecule has 0 amide bonds. The van der Waals surface area contributed by atoms with E-state index in [1.807, 2.05) is 37.3 Å². The summed E-state index contributed by atoms with van der Waals surface area (Å²) in [5.74, 6) is 1.39. The second-order valence-electron chi connectivity index (χ2n) is 4.27. The number of carbonyl (C=O) groups excluding carboxylic acids is 1. The third-order valence-corrected chi connectivity index (χ3v) is 3.86. The fourth-order valence-electron chi connectivity index (χ4n) is 1.43. The van der Waals surface area contributed by atoms with E-state index in [2.05, 4.69) is 13.8 Å². The van der Waals surface area contributed by atoms with Gasteiger partial charge in [-0.05, 0) is 24.2 Å². The molecule has 0 aliphatic rings. The molecule has 2 nitrogen and oxygen atoms in total. The molecule has 1 aromatic carbocycles. The summed E-state index contributed by atoms with van der Waals surface area (Å²) in [6.07, 6.45) is 0. The van der Waals surface area contributed by atoms with Crippen LogP contribution in [0.4, 0.5) is 0 Å². The molecule has 1 atom stereocenters. The molecule has 0 aliphatic carbocycles. The zero-order valence-corrected chi connectivity index (χ0v) is 11.5. The molecule has 0 aromatic heterocycles. The molecule has 0 aliphatic heterocycles. The van der Waals surface area contributed by atoms with Crippen LogP contribution >= 0.6 is 11.8 Å². The lowest BCUT2D eigenvalue weighted by Gasteiger charge is -2.16. The SMILES string of the molecule is CCOC(=O)C(SCC(C)C)c1ccccc1. The number of hydrogen-bond donors (Lipinski definition) is 0. The lowest BCUT2D eigenvalue weighted by atomic mass is 10.1. The molecule has 17 heavy (non-hydrogen) atoms.